The first-order valence-corrected chi connectivity index (χ1v) is 7.03. The molecule has 0 aliphatic carbocycles. The number of aromatic amines is 1. The Morgan fingerprint density at radius 2 is 1.83 bits per heavy atom. The third-order valence-electron chi connectivity index (χ3n) is 3.69. The standard InChI is InChI=1S/C15H16N6O2/c1-19(2)10-7-5-9(6-8-10)12-16-11-13(21(4)18-12)17-15(23)20(3)14(11)22/h5-8H,1-4H3/p+1. The highest BCUT2D eigenvalue weighted by Gasteiger charge is 2.18. The van der Waals surface area contributed by atoms with Gasteiger partial charge in [-0.05, 0) is 24.3 Å². The maximum Gasteiger partial charge on any atom is 0.416 e. The van der Waals surface area contributed by atoms with Gasteiger partial charge in [0.2, 0.25) is 11.3 Å². The second-order valence-electron chi connectivity index (χ2n) is 5.49. The van der Waals surface area contributed by atoms with Gasteiger partial charge in [0, 0.05) is 32.4 Å². The molecule has 3 aromatic rings. The molecule has 23 heavy (non-hydrogen) atoms. The van der Waals surface area contributed by atoms with E-state index in [9.17, 15) is 9.59 Å². The molecule has 2 aromatic heterocycles. The quantitative estimate of drug-likeness (QED) is 0.649. The Kier molecular flexibility index (Phi) is 3.44. The first-order chi connectivity index (χ1) is 10.9. The molecular weight excluding hydrogens is 296 g/mol. The van der Waals surface area contributed by atoms with Crippen molar-refractivity contribution < 1.29 is 4.68 Å². The monoisotopic (exact) mass is 313 g/mol. The summed E-state index contributed by atoms with van der Waals surface area (Å²) < 4.78 is 2.45. The summed E-state index contributed by atoms with van der Waals surface area (Å²) in [5.74, 6) is 0.425. The van der Waals surface area contributed by atoms with E-state index in [1.807, 2.05) is 43.3 Å². The molecule has 0 aliphatic rings. The van der Waals surface area contributed by atoms with Gasteiger partial charge < -0.3 is 4.90 Å². The van der Waals surface area contributed by atoms with Crippen LogP contribution in [0.4, 0.5) is 5.69 Å². The summed E-state index contributed by atoms with van der Waals surface area (Å²) >= 11 is 0. The number of rotatable bonds is 2. The molecule has 1 N–H and O–H groups in total. The van der Waals surface area contributed by atoms with Crippen molar-refractivity contribution in [1.82, 2.24) is 19.6 Å². The van der Waals surface area contributed by atoms with Gasteiger partial charge in [-0.3, -0.25) is 4.79 Å². The highest BCUT2D eigenvalue weighted by Crippen LogP contribution is 2.18. The zero-order valence-corrected chi connectivity index (χ0v) is 13.4. The highest BCUT2D eigenvalue weighted by atomic mass is 16.2. The van der Waals surface area contributed by atoms with Crippen molar-refractivity contribution in [2.75, 3.05) is 19.0 Å². The van der Waals surface area contributed by atoms with E-state index < -0.39 is 11.2 Å². The second kappa shape index (κ2) is 5.31. The molecule has 0 spiro atoms. The van der Waals surface area contributed by atoms with Crippen LogP contribution in [0.5, 0.6) is 0 Å². The van der Waals surface area contributed by atoms with Crippen LogP contribution in [-0.4, -0.2) is 33.7 Å². The van der Waals surface area contributed by atoms with E-state index in [4.69, 9.17) is 0 Å². The van der Waals surface area contributed by atoms with Crippen LogP contribution < -0.4 is 20.8 Å². The fourth-order valence-electron chi connectivity index (χ4n) is 2.28. The molecule has 1 aromatic carbocycles. The molecule has 0 atom stereocenters. The number of aryl methyl sites for hydroxylation is 1. The molecule has 0 aliphatic heterocycles. The highest BCUT2D eigenvalue weighted by molar-refractivity contribution is 5.68. The van der Waals surface area contributed by atoms with Crippen molar-refractivity contribution in [2.24, 2.45) is 14.1 Å². The lowest BCUT2D eigenvalue weighted by Crippen LogP contribution is -2.42. The number of nitrogens with zero attached hydrogens (tertiary/aromatic N) is 5. The number of anilines is 1. The first-order valence-electron chi connectivity index (χ1n) is 7.03. The third-order valence-corrected chi connectivity index (χ3v) is 3.69. The van der Waals surface area contributed by atoms with Crippen molar-refractivity contribution in [3.05, 3.63) is 45.1 Å². The average molecular weight is 313 g/mol. The molecule has 0 unspecified atom stereocenters. The van der Waals surface area contributed by atoms with Gasteiger partial charge in [0.15, 0.2) is 0 Å². The molecule has 0 bridgehead atoms. The van der Waals surface area contributed by atoms with Crippen LogP contribution in [0.25, 0.3) is 22.6 Å². The number of nitrogens with one attached hydrogen (secondary N) is 1. The minimum Gasteiger partial charge on any atom is -0.378 e. The van der Waals surface area contributed by atoms with Crippen molar-refractivity contribution in [1.29, 1.82) is 0 Å². The van der Waals surface area contributed by atoms with Gasteiger partial charge in [0.25, 0.3) is 5.56 Å². The Morgan fingerprint density at radius 3 is 2.43 bits per heavy atom. The van der Waals surface area contributed by atoms with Gasteiger partial charge in [-0.15, -0.1) is 4.68 Å². The molecule has 0 amide bonds. The summed E-state index contributed by atoms with van der Waals surface area (Å²) in [4.78, 5) is 32.9. The molecule has 2 heterocycles. The van der Waals surface area contributed by atoms with Crippen LogP contribution in [0.2, 0.25) is 0 Å². The van der Waals surface area contributed by atoms with Crippen LogP contribution in [0.15, 0.2) is 33.9 Å². The molecule has 118 valence electrons. The summed E-state index contributed by atoms with van der Waals surface area (Å²) in [6.07, 6.45) is 0. The van der Waals surface area contributed by atoms with Gasteiger partial charge in [0.1, 0.15) is 7.05 Å². The Hall–Kier alpha value is -3.03. The molecule has 0 fully saturated rings. The van der Waals surface area contributed by atoms with Gasteiger partial charge in [-0.2, -0.15) is 4.98 Å². The number of H-pyrrole nitrogens is 1. The summed E-state index contributed by atoms with van der Waals surface area (Å²) in [5, 5.41) is 4.33. The summed E-state index contributed by atoms with van der Waals surface area (Å²) in [6.45, 7) is 0. The largest absolute Gasteiger partial charge is 0.416 e. The van der Waals surface area contributed by atoms with Crippen LogP contribution >= 0.6 is 0 Å². The minimum absolute atomic E-state index is 0.177. The van der Waals surface area contributed by atoms with Gasteiger partial charge in [-0.25, -0.2) is 14.3 Å². The van der Waals surface area contributed by atoms with Crippen LogP contribution in [0, 0.1) is 0 Å². The number of aromatic nitrogens is 5. The molecule has 0 radical (unpaired) electrons. The fraction of sp³-hybridized carbons (Fsp3) is 0.267. The van der Waals surface area contributed by atoms with E-state index in [0.29, 0.717) is 11.5 Å². The van der Waals surface area contributed by atoms with Gasteiger partial charge >= 0.3 is 11.3 Å². The second-order valence-corrected chi connectivity index (χ2v) is 5.49. The van der Waals surface area contributed by atoms with E-state index in [1.54, 1.807) is 7.05 Å². The van der Waals surface area contributed by atoms with Crippen molar-refractivity contribution in [3.8, 4) is 11.4 Å². The lowest BCUT2D eigenvalue weighted by Gasteiger charge is -2.12. The zero-order chi connectivity index (χ0) is 16.7. The third kappa shape index (κ3) is 2.48. The van der Waals surface area contributed by atoms with Crippen LogP contribution in [0.3, 0.4) is 0 Å². The molecule has 3 rings (SSSR count). The average Bonchev–Trinajstić information content (AvgIpc) is 2.53. The molecule has 0 saturated carbocycles. The van der Waals surface area contributed by atoms with Crippen LogP contribution in [-0.2, 0) is 14.1 Å². The minimum atomic E-state index is -0.496. The van der Waals surface area contributed by atoms with E-state index in [0.717, 1.165) is 15.8 Å². The van der Waals surface area contributed by atoms with Gasteiger partial charge in [-0.1, -0.05) is 5.10 Å². The molecule has 8 heteroatoms. The van der Waals surface area contributed by atoms with Crippen molar-refractivity contribution >= 4 is 16.9 Å². The molecule has 8 nitrogen and oxygen atoms in total. The zero-order valence-electron chi connectivity index (χ0n) is 13.4. The Morgan fingerprint density at radius 1 is 1.17 bits per heavy atom. The smallest absolute Gasteiger partial charge is 0.378 e. The predicted molar refractivity (Wildman–Crippen MR) is 86.3 cm³/mol. The van der Waals surface area contributed by atoms with Gasteiger partial charge in [0.05, 0.1) is 0 Å². The van der Waals surface area contributed by atoms with Crippen LogP contribution in [0.1, 0.15) is 0 Å². The maximum atomic E-state index is 12.3. The van der Waals surface area contributed by atoms with Crippen molar-refractivity contribution in [2.45, 2.75) is 0 Å². The topological polar surface area (TPSA) is 87.8 Å². The molecule has 0 saturated heterocycles. The number of benzene rings is 1. The predicted octanol–water partition coefficient (Wildman–Crippen LogP) is -0.426. The lowest BCUT2D eigenvalue weighted by atomic mass is 10.2. The Bertz CT molecular complexity index is 1000. The van der Waals surface area contributed by atoms with E-state index in [1.165, 1.54) is 11.7 Å². The Balaban J connectivity index is 2.23. The fourth-order valence-corrected chi connectivity index (χ4v) is 2.28. The first kappa shape index (κ1) is 14.9. The van der Waals surface area contributed by atoms with Crippen molar-refractivity contribution in [3.63, 3.8) is 0 Å². The Labute approximate surface area is 131 Å². The molecular formula is C15H17N6O2+. The van der Waals surface area contributed by atoms with E-state index in [-0.39, 0.29) is 5.52 Å². The number of hydrogen-bond acceptors (Lipinski definition) is 5. The summed E-state index contributed by atoms with van der Waals surface area (Å²) in [7, 11) is 6.99. The summed E-state index contributed by atoms with van der Waals surface area (Å²) in [5.41, 5.74) is 1.38. The maximum absolute atomic E-state index is 12.3. The van der Waals surface area contributed by atoms with E-state index >= 15 is 0 Å². The lowest BCUT2D eigenvalue weighted by molar-refractivity contribution is -0.707. The van der Waals surface area contributed by atoms with E-state index in [2.05, 4.69) is 15.1 Å². The summed E-state index contributed by atoms with van der Waals surface area (Å²) in [6, 6.07) is 7.70. The number of hydrogen-bond donors (Lipinski definition) is 1. The normalized spacial score (nSPS) is 11.0. The number of fused-ring (bicyclic) bond motifs is 1. The SMILES string of the molecule is CN(C)c1ccc(-c2nc3c(=O)n(C)c(=O)[nH]c3[n+](C)n2)cc1.